The van der Waals surface area contributed by atoms with E-state index >= 15 is 0 Å². The normalized spacial score (nSPS) is 11.3. The van der Waals surface area contributed by atoms with Crippen molar-refractivity contribution in [3.63, 3.8) is 0 Å². The van der Waals surface area contributed by atoms with Gasteiger partial charge >= 0.3 is 0 Å². The number of nitrogen functional groups attached to an aromatic ring is 1. The Labute approximate surface area is 112 Å². The van der Waals surface area contributed by atoms with Crippen LogP contribution in [0.25, 0.3) is 22.4 Å². The number of aromatic nitrogens is 2. The Morgan fingerprint density at radius 2 is 1.79 bits per heavy atom. The van der Waals surface area contributed by atoms with Gasteiger partial charge in [-0.3, -0.25) is 0 Å². The minimum absolute atomic E-state index is 0.521. The first-order valence-corrected chi connectivity index (χ1v) is 6.49. The highest BCUT2D eigenvalue weighted by Crippen LogP contribution is 2.24. The fourth-order valence-corrected chi connectivity index (χ4v) is 2.16. The summed E-state index contributed by atoms with van der Waals surface area (Å²) in [5.41, 5.74) is 10.9. The van der Waals surface area contributed by atoms with Crippen LogP contribution in [0.4, 0.5) is 5.69 Å². The maximum atomic E-state index is 5.70. The van der Waals surface area contributed by atoms with Gasteiger partial charge in [0.05, 0.1) is 11.0 Å². The van der Waals surface area contributed by atoms with Crippen LogP contribution in [-0.2, 0) is 0 Å². The molecule has 0 radical (unpaired) electrons. The molecule has 0 unspecified atom stereocenters. The Balaban J connectivity index is 2.08. The maximum absolute atomic E-state index is 5.70. The van der Waals surface area contributed by atoms with Gasteiger partial charge in [0, 0.05) is 11.3 Å². The quantitative estimate of drug-likeness (QED) is 0.678. The highest BCUT2D eigenvalue weighted by Gasteiger charge is 2.07. The van der Waals surface area contributed by atoms with Crippen LogP contribution in [0, 0.1) is 0 Å². The Morgan fingerprint density at radius 3 is 2.47 bits per heavy atom. The first-order valence-electron chi connectivity index (χ1n) is 6.49. The molecule has 3 heteroatoms. The number of aromatic amines is 1. The number of fused-ring (bicyclic) bond motifs is 1. The molecule has 96 valence electrons. The molecule has 0 aliphatic rings. The maximum Gasteiger partial charge on any atom is 0.138 e. The van der Waals surface area contributed by atoms with Gasteiger partial charge in [-0.2, -0.15) is 0 Å². The number of imidazole rings is 1. The lowest BCUT2D eigenvalue weighted by atomic mass is 10.0. The lowest BCUT2D eigenvalue weighted by Gasteiger charge is -2.03. The predicted octanol–water partition coefficient (Wildman–Crippen LogP) is 3.94. The molecule has 2 aromatic carbocycles. The number of rotatable bonds is 2. The molecule has 0 bridgehead atoms. The molecule has 3 N–H and O–H groups in total. The Bertz CT molecular complexity index is 708. The van der Waals surface area contributed by atoms with Gasteiger partial charge in [0.1, 0.15) is 5.82 Å². The van der Waals surface area contributed by atoms with Crippen LogP contribution in [0.1, 0.15) is 25.3 Å². The number of H-pyrrole nitrogens is 1. The summed E-state index contributed by atoms with van der Waals surface area (Å²) in [6, 6.07) is 14.1. The molecule has 0 aliphatic carbocycles. The Hall–Kier alpha value is -2.29. The SMILES string of the molecule is CC(C)c1ccc2nc(-c3ccc(N)cc3)[nH]c2c1. The van der Waals surface area contributed by atoms with Crippen molar-refractivity contribution < 1.29 is 0 Å². The molecule has 0 amide bonds. The molecule has 19 heavy (non-hydrogen) atoms. The molecule has 3 aromatic rings. The van der Waals surface area contributed by atoms with E-state index < -0.39 is 0 Å². The van der Waals surface area contributed by atoms with Crippen LogP contribution in [0.15, 0.2) is 42.5 Å². The zero-order valence-corrected chi connectivity index (χ0v) is 11.1. The van der Waals surface area contributed by atoms with E-state index in [-0.39, 0.29) is 0 Å². The second-order valence-corrected chi connectivity index (χ2v) is 5.14. The van der Waals surface area contributed by atoms with E-state index in [1.54, 1.807) is 0 Å². The third kappa shape index (κ3) is 2.19. The summed E-state index contributed by atoms with van der Waals surface area (Å²) in [5.74, 6) is 1.41. The zero-order chi connectivity index (χ0) is 13.4. The van der Waals surface area contributed by atoms with Gasteiger partial charge in [0.15, 0.2) is 0 Å². The lowest BCUT2D eigenvalue weighted by Crippen LogP contribution is -1.85. The van der Waals surface area contributed by atoms with E-state index in [0.717, 1.165) is 28.1 Å². The minimum Gasteiger partial charge on any atom is -0.399 e. The second kappa shape index (κ2) is 4.43. The average Bonchev–Trinajstić information content (AvgIpc) is 2.82. The summed E-state index contributed by atoms with van der Waals surface area (Å²) in [6.07, 6.45) is 0. The highest BCUT2D eigenvalue weighted by atomic mass is 14.9. The number of anilines is 1. The van der Waals surface area contributed by atoms with Crippen molar-refractivity contribution in [2.45, 2.75) is 19.8 Å². The van der Waals surface area contributed by atoms with Crippen LogP contribution in [0.3, 0.4) is 0 Å². The summed E-state index contributed by atoms with van der Waals surface area (Å²) >= 11 is 0. The van der Waals surface area contributed by atoms with Crippen molar-refractivity contribution >= 4 is 16.7 Å². The van der Waals surface area contributed by atoms with E-state index in [9.17, 15) is 0 Å². The number of hydrogen-bond donors (Lipinski definition) is 2. The van der Waals surface area contributed by atoms with Gasteiger partial charge in [0.2, 0.25) is 0 Å². The third-order valence-corrected chi connectivity index (χ3v) is 3.36. The summed E-state index contributed by atoms with van der Waals surface area (Å²) < 4.78 is 0. The Morgan fingerprint density at radius 1 is 1.05 bits per heavy atom. The van der Waals surface area contributed by atoms with E-state index in [0.29, 0.717) is 5.92 Å². The monoisotopic (exact) mass is 251 g/mol. The predicted molar refractivity (Wildman–Crippen MR) is 80.0 cm³/mol. The minimum atomic E-state index is 0.521. The molecule has 0 aliphatic heterocycles. The Kier molecular flexibility index (Phi) is 2.75. The molecule has 0 saturated heterocycles. The van der Waals surface area contributed by atoms with Gasteiger partial charge < -0.3 is 10.7 Å². The summed E-state index contributed by atoms with van der Waals surface area (Å²) in [4.78, 5) is 7.99. The molecule has 0 saturated carbocycles. The van der Waals surface area contributed by atoms with Gasteiger partial charge in [0.25, 0.3) is 0 Å². The van der Waals surface area contributed by atoms with Crippen LogP contribution in [0.5, 0.6) is 0 Å². The fraction of sp³-hybridized carbons (Fsp3) is 0.188. The molecule has 1 heterocycles. The second-order valence-electron chi connectivity index (χ2n) is 5.14. The van der Waals surface area contributed by atoms with Crippen molar-refractivity contribution in [2.24, 2.45) is 0 Å². The zero-order valence-electron chi connectivity index (χ0n) is 11.1. The van der Waals surface area contributed by atoms with Crippen molar-refractivity contribution in [3.05, 3.63) is 48.0 Å². The van der Waals surface area contributed by atoms with E-state index in [4.69, 9.17) is 5.73 Å². The largest absolute Gasteiger partial charge is 0.399 e. The number of nitrogens with one attached hydrogen (secondary N) is 1. The van der Waals surface area contributed by atoms with E-state index in [1.807, 2.05) is 24.3 Å². The topological polar surface area (TPSA) is 54.7 Å². The molecular formula is C16H17N3. The smallest absolute Gasteiger partial charge is 0.138 e. The van der Waals surface area contributed by atoms with E-state index in [2.05, 4.69) is 42.0 Å². The van der Waals surface area contributed by atoms with Crippen molar-refractivity contribution in [1.82, 2.24) is 9.97 Å². The number of nitrogens with zero attached hydrogens (tertiary/aromatic N) is 1. The summed E-state index contributed by atoms with van der Waals surface area (Å²) in [5, 5.41) is 0. The summed E-state index contributed by atoms with van der Waals surface area (Å²) in [6.45, 7) is 4.39. The number of benzene rings is 2. The number of hydrogen-bond acceptors (Lipinski definition) is 2. The van der Waals surface area contributed by atoms with Gasteiger partial charge in [-0.25, -0.2) is 4.98 Å². The number of nitrogens with two attached hydrogens (primary N) is 1. The first kappa shape index (κ1) is 11.8. The highest BCUT2D eigenvalue weighted by molar-refractivity contribution is 5.80. The van der Waals surface area contributed by atoms with Crippen LogP contribution in [0.2, 0.25) is 0 Å². The molecule has 3 nitrogen and oxygen atoms in total. The van der Waals surface area contributed by atoms with Gasteiger partial charge in [-0.05, 0) is 47.9 Å². The molecular weight excluding hydrogens is 234 g/mol. The van der Waals surface area contributed by atoms with Crippen LogP contribution < -0.4 is 5.73 Å². The van der Waals surface area contributed by atoms with Crippen LogP contribution in [-0.4, -0.2) is 9.97 Å². The van der Waals surface area contributed by atoms with Gasteiger partial charge in [-0.1, -0.05) is 19.9 Å². The van der Waals surface area contributed by atoms with Crippen LogP contribution >= 0.6 is 0 Å². The average molecular weight is 251 g/mol. The standard InChI is InChI=1S/C16H17N3/c1-10(2)12-5-8-14-15(9-12)19-16(18-14)11-3-6-13(17)7-4-11/h3-10H,17H2,1-2H3,(H,18,19). The lowest BCUT2D eigenvalue weighted by molar-refractivity contribution is 0.868. The summed E-state index contributed by atoms with van der Waals surface area (Å²) in [7, 11) is 0. The molecule has 0 spiro atoms. The molecule has 0 fully saturated rings. The van der Waals surface area contributed by atoms with Crippen molar-refractivity contribution in [3.8, 4) is 11.4 Å². The molecule has 3 rings (SSSR count). The first-order chi connectivity index (χ1) is 9.13. The molecule has 1 aromatic heterocycles. The van der Waals surface area contributed by atoms with Gasteiger partial charge in [-0.15, -0.1) is 0 Å². The van der Waals surface area contributed by atoms with Crippen molar-refractivity contribution in [1.29, 1.82) is 0 Å². The fourth-order valence-electron chi connectivity index (χ4n) is 2.16. The third-order valence-electron chi connectivity index (χ3n) is 3.36. The molecule has 0 atom stereocenters. The van der Waals surface area contributed by atoms with E-state index in [1.165, 1.54) is 5.56 Å². The van der Waals surface area contributed by atoms with Crippen molar-refractivity contribution in [2.75, 3.05) is 5.73 Å².